The minimum Gasteiger partial charge on any atom is -0.383 e. The monoisotopic (exact) mass is 335 g/mol. The maximum Gasteiger partial charge on any atom is 0.251 e. The number of nitrogens with zero attached hydrogens (tertiary/aromatic N) is 4. The van der Waals surface area contributed by atoms with Crippen molar-refractivity contribution in [3.05, 3.63) is 36.2 Å². The number of hydrogen-bond acceptors (Lipinski definition) is 5. The second-order valence-electron chi connectivity index (χ2n) is 5.69. The minimum absolute atomic E-state index is 0.128. The lowest BCUT2D eigenvalue weighted by Gasteiger charge is -1.99. The third-order valence-electron chi connectivity index (χ3n) is 4.22. The SMILES string of the molecule is CCn1nc(-c2cc3ccc(C(=O)NC)cc3[nH]2)c2c(N)ncnc21. The molecular formula is C17H17N7O. The Balaban J connectivity index is 1.93. The number of carbonyl (C=O) groups is 1. The van der Waals surface area contributed by atoms with Crippen molar-refractivity contribution in [1.82, 2.24) is 30.0 Å². The molecule has 3 aromatic heterocycles. The molecule has 1 amide bonds. The number of H-pyrrole nitrogens is 1. The van der Waals surface area contributed by atoms with Gasteiger partial charge in [-0.15, -0.1) is 0 Å². The smallest absolute Gasteiger partial charge is 0.251 e. The van der Waals surface area contributed by atoms with E-state index >= 15 is 0 Å². The van der Waals surface area contributed by atoms with Crippen molar-refractivity contribution in [3.63, 3.8) is 0 Å². The molecule has 4 aromatic rings. The fourth-order valence-electron chi connectivity index (χ4n) is 2.98. The van der Waals surface area contributed by atoms with Crippen LogP contribution in [0, 0.1) is 0 Å². The Hall–Kier alpha value is -3.42. The summed E-state index contributed by atoms with van der Waals surface area (Å²) in [6.45, 7) is 2.67. The molecule has 0 saturated carbocycles. The van der Waals surface area contributed by atoms with Gasteiger partial charge in [0.15, 0.2) is 5.65 Å². The Morgan fingerprint density at radius 1 is 1.32 bits per heavy atom. The number of anilines is 1. The van der Waals surface area contributed by atoms with E-state index in [0.29, 0.717) is 29.3 Å². The van der Waals surface area contributed by atoms with Crippen LogP contribution >= 0.6 is 0 Å². The Labute approximate surface area is 143 Å². The Kier molecular flexibility index (Phi) is 3.38. The number of amides is 1. The molecule has 4 rings (SSSR count). The summed E-state index contributed by atoms with van der Waals surface area (Å²) in [5, 5.41) is 8.97. The predicted octanol–water partition coefficient (Wildman–Crippen LogP) is 1.94. The number of nitrogen functional groups attached to an aromatic ring is 1. The molecule has 0 aliphatic carbocycles. The Bertz CT molecular complexity index is 1110. The van der Waals surface area contributed by atoms with Crippen molar-refractivity contribution in [2.45, 2.75) is 13.5 Å². The zero-order chi connectivity index (χ0) is 17.6. The van der Waals surface area contributed by atoms with Gasteiger partial charge in [-0.3, -0.25) is 4.79 Å². The highest BCUT2D eigenvalue weighted by Gasteiger charge is 2.18. The summed E-state index contributed by atoms with van der Waals surface area (Å²) >= 11 is 0. The number of carbonyl (C=O) groups excluding carboxylic acids is 1. The normalized spacial score (nSPS) is 11.3. The van der Waals surface area contributed by atoms with Crippen molar-refractivity contribution in [3.8, 4) is 11.4 Å². The average Bonchev–Trinajstić information content (AvgIpc) is 3.22. The van der Waals surface area contributed by atoms with Gasteiger partial charge in [-0.2, -0.15) is 5.10 Å². The molecule has 0 fully saturated rings. The molecule has 0 spiro atoms. The number of aromatic amines is 1. The first-order valence-electron chi connectivity index (χ1n) is 7.94. The molecule has 0 aliphatic rings. The average molecular weight is 335 g/mol. The van der Waals surface area contributed by atoms with Crippen LogP contribution in [0.3, 0.4) is 0 Å². The van der Waals surface area contributed by atoms with Crippen molar-refractivity contribution < 1.29 is 4.79 Å². The molecule has 0 saturated heterocycles. The van der Waals surface area contributed by atoms with Crippen LogP contribution in [0.4, 0.5) is 5.82 Å². The van der Waals surface area contributed by atoms with E-state index in [9.17, 15) is 4.79 Å². The number of nitrogens with two attached hydrogens (primary N) is 1. The highest BCUT2D eigenvalue weighted by molar-refractivity contribution is 6.01. The number of fused-ring (bicyclic) bond motifs is 2. The molecule has 0 aliphatic heterocycles. The van der Waals surface area contributed by atoms with Gasteiger partial charge in [-0.05, 0) is 25.1 Å². The molecule has 4 N–H and O–H groups in total. The molecular weight excluding hydrogens is 318 g/mol. The van der Waals surface area contributed by atoms with E-state index in [1.807, 2.05) is 25.1 Å². The topological polar surface area (TPSA) is 115 Å². The molecule has 3 heterocycles. The minimum atomic E-state index is -0.128. The van der Waals surface area contributed by atoms with Gasteiger partial charge >= 0.3 is 0 Å². The van der Waals surface area contributed by atoms with Crippen LogP contribution < -0.4 is 11.1 Å². The van der Waals surface area contributed by atoms with Crippen LogP contribution in [0.15, 0.2) is 30.6 Å². The van der Waals surface area contributed by atoms with Gasteiger partial charge in [0.2, 0.25) is 0 Å². The highest BCUT2D eigenvalue weighted by Crippen LogP contribution is 2.31. The standard InChI is InChI=1S/C17H17N7O/c1-3-24-16-13(15(18)20-8-21-16)14(23-24)12-6-9-4-5-10(17(25)19-2)7-11(9)22-12/h4-8,22H,3H2,1-2H3,(H,19,25)(H2,18,20,21). The molecule has 1 aromatic carbocycles. The second kappa shape index (κ2) is 5.59. The van der Waals surface area contributed by atoms with Crippen LogP contribution in [0.25, 0.3) is 33.3 Å². The molecule has 0 bridgehead atoms. The molecule has 0 radical (unpaired) electrons. The predicted molar refractivity (Wildman–Crippen MR) is 96.1 cm³/mol. The molecule has 126 valence electrons. The molecule has 8 nitrogen and oxygen atoms in total. The quantitative estimate of drug-likeness (QED) is 0.529. The summed E-state index contributed by atoms with van der Waals surface area (Å²) in [7, 11) is 1.61. The van der Waals surface area contributed by atoms with E-state index in [2.05, 4.69) is 25.4 Å². The summed E-state index contributed by atoms with van der Waals surface area (Å²) in [4.78, 5) is 23.5. The lowest BCUT2D eigenvalue weighted by molar-refractivity contribution is 0.0963. The highest BCUT2D eigenvalue weighted by atomic mass is 16.1. The van der Waals surface area contributed by atoms with E-state index in [4.69, 9.17) is 5.73 Å². The maximum absolute atomic E-state index is 11.8. The largest absolute Gasteiger partial charge is 0.383 e. The van der Waals surface area contributed by atoms with Crippen LogP contribution in [-0.4, -0.2) is 37.7 Å². The first-order chi connectivity index (χ1) is 12.1. The maximum atomic E-state index is 11.8. The summed E-state index contributed by atoms with van der Waals surface area (Å²) in [5.41, 5.74) is 9.73. The second-order valence-corrected chi connectivity index (χ2v) is 5.69. The number of hydrogen-bond donors (Lipinski definition) is 3. The third-order valence-corrected chi connectivity index (χ3v) is 4.22. The summed E-state index contributed by atoms with van der Waals surface area (Å²) in [5.74, 6) is 0.265. The van der Waals surface area contributed by atoms with E-state index < -0.39 is 0 Å². The first kappa shape index (κ1) is 15.1. The summed E-state index contributed by atoms with van der Waals surface area (Å²) in [6.07, 6.45) is 1.44. The van der Waals surface area contributed by atoms with Gasteiger partial charge in [-0.1, -0.05) is 6.07 Å². The number of aromatic nitrogens is 5. The van der Waals surface area contributed by atoms with E-state index in [-0.39, 0.29) is 5.91 Å². The van der Waals surface area contributed by atoms with Crippen molar-refractivity contribution >= 4 is 33.7 Å². The van der Waals surface area contributed by atoms with E-state index in [1.165, 1.54) is 6.33 Å². The lowest BCUT2D eigenvalue weighted by atomic mass is 10.1. The fourth-order valence-corrected chi connectivity index (χ4v) is 2.98. The summed E-state index contributed by atoms with van der Waals surface area (Å²) < 4.78 is 1.80. The van der Waals surface area contributed by atoms with Gasteiger partial charge in [0.25, 0.3) is 5.91 Å². The van der Waals surface area contributed by atoms with Crippen LogP contribution in [0.1, 0.15) is 17.3 Å². The van der Waals surface area contributed by atoms with Crippen LogP contribution in [-0.2, 0) is 6.54 Å². The zero-order valence-electron chi connectivity index (χ0n) is 13.9. The Morgan fingerprint density at radius 3 is 2.92 bits per heavy atom. The molecule has 25 heavy (non-hydrogen) atoms. The number of rotatable bonds is 3. The zero-order valence-corrected chi connectivity index (χ0v) is 13.9. The summed E-state index contributed by atoms with van der Waals surface area (Å²) in [6, 6.07) is 7.49. The fraction of sp³-hybridized carbons (Fsp3) is 0.176. The van der Waals surface area contributed by atoms with Gasteiger partial charge in [0.05, 0.1) is 11.1 Å². The van der Waals surface area contributed by atoms with Crippen molar-refractivity contribution in [2.24, 2.45) is 0 Å². The van der Waals surface area contributed by atoms with E-state index in [1.54, 1.807) is 17.8 Å². The third kappa shape index (κ3) is 2.30. The number of nitrogens with one attached hydrogen (secondary N) is 2. The van der Waals surface area contributed by atoms with Crippen molar-refractivity contribution in [2.75, 3.05) is 12.8 Å². The lowest BCUT2D eigenvalue weighted by Crippen LogP contribution is -2.17. The number of benzene rings is 1. The van der Waals surface area contributed by atoms with Gasteiger partial charge < -0.3 is 16.0 Å². The molecule has 0 atom stereocenters. The molecule has 0 unspecified atom stereocenters. The first-order valence-corrected chi connectivity index (χ1v) is 7.94. The van der Waals surface area contributed by atoms with E-state index in [0.717, 1.165) is 22.0 Å². The van der Waals surface area contributed by atoms with Gasteiger partial charge in [0, 0.05) is 30.1 Å². The van der Waals surface area contributed by atoms with Gasteiger partial charge in [0.1, 0.15) is 17.8 Å². The van der Waals surface area contributed by atoms with Gasteiger partial charge in [-0.25, -0.2) is 14.6 Å². The van der Waals surface area contributed by atoms with Crippen LogP contribution in [0.5, 0.6) is 0 Å². The Morgan fingerprint density at radius 2 is 2.16 bits per heavy atom. The number of aryl methyl sites for hydroxylation is 1. The van der Waals surface area contributed by atoms with Crippen LogP contribution in [0.2, 0.25) is 0 Å². The van der Waals surface area contributed by atoms with Crippen molar-refractivity contribution in [1.29, 1.82) is 0 Å². The molecule has 8 heteroatoms.